The molecule has 0 amide bonds. The third kappa shape index (κ3) is 2.93. The maximum Gasteiger partial charge on any atom is 0.246 e. The smallest absolute Gasteiger partial charge is 0.246 e. The van der Waals surface area contributed by atoms with Gasteiger partial charge in [-0.25, -0.2) is 12.8 Å². The van der Waals surface area contributed by atoms with Crippen LogP contribution in [0.15, 0.2) is 23.1 Å². The Morgan fingerprint density at radius 3 is 2.38 bits per heavy atom. The Bertz CT molecular complexity index is 628. The lowest BCUT2D eigenvalue weighted by atomic mass is 10.1. The van der Waals surface area contributed by atoms with Gasteiger partial charge in [0.05, 0.1) is 0 Å². The summed E-state index contributed by atoms with van der Waals surface area (Å²) in [6, 6.07) is 4.16. The average Bonchev–Trinajstić information content (AvgIpc) is 2.37. The van der Waals surface area contributed by atoms with Gasteiger partial charge in [0.15, 0.2) is 0 Å². The summed E-state index contributed by atoms with van der Waals surface area (Å²) >= 11 is 5.67. The second-order valence-electron chi connectivity index (χ2n) is 5.33. The highest BCUT2D eigenvalue weighted by Gasteiger charge is 2.33. The van der Waals surface area contributed by atoms with Crippen LogP contribution in [0.4, 0.5) is 4.39 Å². The van der Waals surface area contributed by atoms with Gasteiger partial charge in [-0.3, -0.25) is 4.90 Å². The molecule has 0 saturated carbocycles. The molecule has 2 aliphatic rings. The first-order valence-electron chi connectivity index (χ1n) is 6.88. The van der Waals surface area contributed by atoms with Crippen molar-refractivity contribution in [3.63, 3.8) is 0 Å². The molecule has 2 aliphatic heterocycles. The quantitative estimate of drug-likeness (QED) is 0.887. The Hall–Kier alpha value is -0.730. The third-order valence-electron chi connectivity index (χ3n) is 4.06. The van der Waals surface area contributed by atoms with Gasteiger partial charge in [-0.05, 0) is 18.2 Å². The van der Waals surface area contributed by atoms with E-state index < -0.39 is 15.8 Å². The van der Waals surface area contributed by atoms with Gasteiger partial charge in [0.1, 0.15) is 10.7 Å². The van der Waals surface area contributed by atoms with Crippen LogP contribution in [0.2, 0.25) is 5.02 Å². The summed E-state index contributed by atoms with van der Waals surface area (Å²) in [6.07, 6.45) is 0. The fourth-order valence-electron chi connectivity index (χ4n) is 2.66. The minimum Gasteiger partial charge on any atom is -0.314 e. The summed E-state index contributed by atoms with van der Waals surface area (Å²) in [4.78, 5) is 1.98. The van der Waals surface area contributed by atoms with Crippen LogP contribution in [0, 0.1) is 5.82 Å². The molecule has 3 rings (SSSR count). The van der Waals surface area contributed by atoms with E-state index in [1.807, 2.05) is 0 Å². The maximum atomic E-state index is 13.9. The molecule has 116 valence electrons. The van der Waals surface area contributed by atoms with Crippen molar-refractivity contribution in [1.82, 2.24) is 14.5 Å². The zero-order valence-electron chi connectivity index (χ0n) is 11.4. The van der Waals surface area contributed by atoms with Crippen molar-refractivity contribution < 1.29 is 12.8 Å². The molecular formula is C13H17ClFN3O2S. The minimum atomic E-state index is -3.79. The number of nitrogens with one attached hydrogen (secondary N) is 1. The summed E-state index contributed by atoms with van der Waals surface area (Å²) in [5.41, 5.74) is 0. The highest BCUT2D eigenvalue weighted by atomic mass is 35.5. The lowest BCUT2D eigenvalue weighted by molar-refractivity contribution is 0.103. The van der Waals surface area contributed by atoms with Crippen LogP contribution in [-0.4, -0.2) is 62.9 Å². The van der Waals surface area contributed by atoms with Gasteiger partial charge < -0.3 is 5.32 Å². The number of piperazine rings is 1. The van der Waals surface area contributed by atoms with E-state index in [9.17, 15) is 12.8 Å². The van der Waals surface area contributed by atoms with Crippen molar-refractivity contribution in [3.05, 3.63) is 29.0 Å². The van der Waals surface area contributed by atoms with Crippen LogP contribution in [-0.2, 0) is 10.0 Å². The van der Waals surface area contributed by atoms with E-state index in [4.69, 9.17) is 11.6 Å². The molecule has 8 heteroatoms. The Kier molecular flexibility index (Phi) is 4.20. The molecule has 2 fully saturated rings. The monoisotopic (exact) mass is 333 g/mol. The molecule has 0 bridgehead atoms. The standard InChI is InChI=1S/C13H17ClFN3O2S/c14-10-1-2-13(12(15)7-10)21(19,20)18-5-3-17(4-6-18)11-8-16-9-11/h1-2,7,11,16H,3-6,8-9H2. The molecule has 1 aromatic carbocycles. The number of benzene rings is 1. The lowest BCUT2D eigenvalue weighted by Gasteiger charge is -2.42. The average molecular weight is 334 g/mol. The van der Waals surface area contributed by atoms with Gasteiger partial charge in [-0.15, -0.1) is 0 Å². The molecular weight excluding hydrogens is 317 g/mol. The van der Waals surface area contributed by atoms with E-state index in [2.05, 4.69) is 10.2 Å². The largest absolute Gasteiger partial charge is 0.314 e. The minimum absolute atomic E-state index is 0.189. The predicted octanol–water partition coefficient (Wildman–Crippen LogP) is 0.757. The molecule has 0 radical (unpaired) electrons. The molecule has 21 heavy (non-hydrogen) atoms. The number of nitrogens with zero attached hydrogens (tertiary/aromatic N) is 2. The second-order valence-corrected chi connectivity index (χ2v) is 7.67. The zero-order chi connectivity index (χ0) is 15.0. The van der Waals surface area contributed by atoms with Crippen LogP contribution >= 0.6 is 11.6 Å². The van der Waals surface area contributed by atoms with Gasteiger partial charge in [-0.2, -0.15) is 4.31 Å². The zero-order valence-corrected chi connectivity index (χ0v) is 13.0. The van der Waals surface area contributed by atoms with E-state index >= 15 is 0 Å². The Morgan fingerprint density at radius 1 is 1.19 bits per heavy atom. The lowest BCUT2D eigenvalue weighted by Crippen LogP contribution is -2.62. The van der Waals surface area contributed by atoms with E-state index in [1.54, 1.807) is 0 Å². The molecule has 1 aromatic rings. The van der Waals surface area contributed by atoms with E-state index in [0.29, 0.717) is 32.2 Å². The summed E-state index contributed by atoms with van der Waals surface area (Å²) < 4.78 is 40.2. The van der Waals surface area contributed by atoms with Gasteiger partial charge in [0.25, 0.3) is 0 Å². The van der Waals surface area contributed by atoms with Crippen molar-refractivity contribution in [2.75, 3.05) is 39.3 Å². The van der Waals surface area contributed by atoms with Gasteiger partial charge in [0, 0.05) is 50.3 Å². The first-order valence-corrected chi connectivity index (χ1v) is 8.70. The highest BCUT2D eigenvalue weighted by Crippen LogP contribution is 2.23. The number of rotatable bonds is 3. The predicted molar refractivity (Wildman–Crippen MR) is 78.4 cm³/mol. The van der Waals surface area contributed by atoms with Crippen molar-refractivity contribution >= 4 is 21.6 Å². The molecule has 0 spiro atoms. The normalized spacial score (nSPS) is 22.2. The van der Waals surface area contributed by atoms with Gasteiger partial charge in [-0.1, -0.05) is 11.6 Å². The van der Waals surface area contributed by atoms with Crippen molar-refractivity contribution in [1.29, 1.82) is 0 Å². The molecule has 0 aliphatic carbocycles. The molecule has 0 atom stereocenters. The summed E-state index contributed by atoms with van der Waals surface area (Å²) in [5, 5.41) is 3.39. The summed E-state index contributed by atoms with van der Waals surface area (Å²) in [5.74, 6) is -0.798. The molecule has 2 heterocycles. The Balaban J connectivity index is 1.73. The first-order chi connectivity index (χ1) is 9.98. The Labute approximate surface area is 128 Å². The molecule has 0 unspecified atom stereocenters. The fraction of sp³-hybridized carbons (Fsp3) is 0.538. The summed E-state index contributed by atoms with van der Waals surface area (Å²) in [7, 11) is -3.79. The maximum absolute atomic E-state index is 13.9. The van der Waals surface area contributed by atoms with Crippen molar-refractivity contribution in [3.8, 4) is 0 Å². The van der Waals surface area contributed by atoms with Gasteiger partial charge >= 0.3 is 0 Å². The Morgan fingerprint density at radius 2 is 1.86 bits per heavy atom. The topological polar surface area (TPSA) is 52.7 Å². The molecule has 1 N–H and O–H groups in total. The van der Waals surface area contributed by atoms with E-state index in [-0.39, 0.29) is 9.92 Å². The molecule has 2 saturated heterocycles. The van der Waals surface area contributed by atoms with Gasteiger partial charge in [0.2, 0.25) is 10.0 Å². The number of sulfonamides is 1. The van der Waals surface area contributed by atoms with Crippen LogP contribution in [0.25, 0.3) is 0 Å². The van der Waals surface area contributed by atoms with Crippen LogP contribution < -0.4 is 5.32 Å². The molecule has 5 nitrogen and oxygen atoms in total. The van der Waals surface area contributed by atoms with Crippen LogP contribution in [0.3, 0.4) is 0 Å². The second kappa shape index (κ2) is 5.81. The highest BCUT2D eigenvalue weighted by molar-refractivity contribution is 7.89. The van der Waals surface area contributed by atoms with Crippen molar-refractivity contribution in [2.45, 2.75) is 10.9 Å². The number of hydrogen-bond donors (Lipinski definition) is 1. The summed E-state index contributed by atoms with van der Waals surface area (Å²) in [6.45, 7) is 4.06. The van der Waals surface area contributed by atoms with Crippen LogP contribution in [0.5, 0.6) is 0 Å². The SMILES string of the molecule is O=S(=O)(c1ccc(Cl)cc1F)N1CCN(C2CNC2)CC1. The fourth-order valence-corrected chi connectivity index (χ4v) is 4.29. The first kappa shape index (κ1) is 15.2. The van der Waals surface area contributed by atoms with Crippen LogP contribution in [0.1, 0.15) is 0 Å². The third-order valence-corrected chi connectivity index (χ3v) is 6.23. The van der Waals surface area contributed by atoms with E-state index in [1.165, 1.54) is 16.4 Å². The number of halogens is 2. The number of hydrogen-bond acceptors (Lipinski definition) is 4. The molecule has 0 aromatic heterocycles. The van der Waals surface area contributed by atoms with E-state index in [0.717, 1.165) is 19.2 Å². The van der Waals surface area contributed by atoms with Crippen molar-refractivity contribution in [2.24, 2.45) is 0 Å².